The molecule has 2 N–H and O–H groups in total. The molecular weight excluding hydrogens is 361 g/mol. The van der Waals surface area contributed by atoms with E-state index in [2.05, 4.69) is 30.5 Å². The van der Waals surface area contributed by atoms with E-state index in [4.69, 9.17) is 0 Å². The summed E-state index contributed by atoms with van der Waals surface area (Å²) in [6.45, 7) is 5.80. The van der Waals surface area contributed by atoms with Crippen molar-refractivity contribution in [1.29, 1.82) is 0 Å². The van der Waals surface area contributed by atoms with Crippen LogP contribution in [0.4, 0.5) is 15.9 Å². The summed E-state index contributed by atoms with van der Waals surface area (Å²) in [7, 11) is 0. The van der Waals surface area contributed by atoms with Crippen molar-refractivity contribution in [2.75, 3.05) is 36.4 Å². The van der Waals surface area contributed by atoms with Gasteiger partial charge in [0.2, 0.25) is 0 Å². The number of fused-ring (bicyclic) bond motifs is 2. The Morgan fingerprint density at radius 3 is 2.71 bits per heavy atom. The Kier molecular flexibility index (Phi) is 3.97. The molecule has 144 valence electrons. The third-order valence-electron chi connectivity index (χ3n) is 5.47. The molecule has 0 aliphatic carbocycles. The summed E-state index contributed by atoms with van der Waals surface area (Å²) in [6, 6.07) is 1.25. The number of nitrogens with zero attached hydrogens (tertiary/aromatic N) is 5. The molecule has 28 heavy (non-hydrogen) atoms. The number of carbonyl (C=O) groups is 1. The monoisotopic (exact) mass is 381 g/mol. The number of halogens is 1. The van der Waals surface area contributed by atoms with E-state index in [0.717, 1.165) is 32.0 Å². The van der Waals surface area contributed by atoms with Crippen LogP contribution in [0.1, 0.15) is 16.2 Å². The zero-order valence-corrected chi connectivity index (χ0v) is 15.4. The zero-order chi connectivity index (χ0) is 19.3. The number of hydrogen-bond donors (Lipinski definition) is 2. The van der Waals surface area contributed by atoms with Gasteiger partial charge in [0.05, 0.1) is 23.8 Å². The number of amides is 1. The SMILES string of the molecule is Cc1cn2cc(NC(=O)c3cnc(N4C[C@H]5CNC[C@H]5C4)cn3)cc(F)c2n1. The van der Waals surface area contributed by atoms with E-state index in [1.807, 2.05) is 0 Å². The minimum absolute atomic E-state index is 0.187. The molecule has 5 rings (SSSR count). The fourth-order valence-corrected chi connectivity index (χ4v) is 4.09. The summed E-state index contributed by atoms with van der Waals surface area (Å²) < 4.78 is 15.7. The van der Waals surface area contributed by atoms with E-state index in [1.165, 1.54) is 12.3 Å². The molecule has 8 nitrogen and oxygen atoms in total. The first-order chi connectivity index (χ1) is 13.6. The van der Waals surface area contributed by atoms with E-state index >= 15 is 0 Å². The van der Waals surface area contributed by atoms with Gasteiger partial charge in [-0.15, -0.1) is 0 Å². The van der Waals surface area contributed by atoms with Crippen molar-refractivity contribution in [2.45, 2.75) is 6.92 Å². The van der Waals surface area contributed by atoms with Gasteiger partial charge in [0, 0.05) is 44.6 Å². The van der Waals surface area contributed by atoms with Crippen LogP contribution in [0.2, 0.25) is 0 Å². The maximum absolute atomic E-state index is 14.2. The molecule has 0 saturated carbocycles. The van der Waals surface area contributed by atoms with Gasteiger partial charge in [0.25, 0.3) is 5.91 Å². The van der Waals surface area contributed by atoms with Gasteiger partial charge in [-0.1, -0.05) is 0 Å². The first-order valence-corrected chi connectivity index (χ1v) is 9.31. The van der Waals surface area contributed by atoms with Crippen LogP contribution in [0, 0.1) is 24.6 Å². The molecule has 2 saturated heterocycles. The first-order valence-electron chi connectivity index (χ1n) is 9.31. The number of imidazole rings is 1. The highest BCUT2D eigenvalue weighted by Crippen LogP contribution is 2.29. The lowest BCUT2D eigenvalue weighted by molar-refractivity contribution is 0.102. The normalized spacial score (nSPS) is 21.3. The van der Waals surface area contributed by atoms with Gasteiger partial charge in [0.1, 0.15) is 11.5 Å². The Morgan fingerprint density at radius 2 is 2.00 bits per heavy atom. The van der Waals surface area contributed by atoms with Gasteiger partial charge >= 0.3 is 0 Å². The van der Waals surface area contributed by atoms with Crippen molar-refractivity contribution < 1.29 is 9.18 Å². The number of aryl methyl sites for hydroxylation is 1. The predicted molar refractivity (Wildman–Crippen MR) is 102 cm³/mol. The average molecular weight is 381 g/mol. The molecule has 2 aliphatic rings. The smallest absolute Gasteiger partial charge is 0.275 e. The number of pyridine rings is 1. The zero-order valence-electron chi connectivity index (χ0n) is 15.4. The van der Waals surface area contributed by atoms with Crippen LogP contribution in [0.25, 0.3) is 5.65 Å². The summed E-state index contributed by atoms with van der Waals surface area (Å²) in [5.41, 5.74) is 1.45. The van der Waals surface area contributed by atoms with Gasteiger partial charge in [0.15, 0.2) is 11.5 Å². The third-order valence-corrected chi connectivity index (χ3v) is 5.47. The van der Waals surface area contributed by atoms with Crippen molar-refractivity contribution in [3.8, 4) is 0 Å². The minimum atomic E-state index is -0.499. The Hall–Kier alpha value is -3.07. The number of aromatic nitrogens is 4. The Balaban J connectivity index is 1.30. The Labute approximate surface area is 160 Å². The third kappa shape index (κ3) is 2.97. The fourth-order valence-electron chi connectivity index (χ4n) is 4.09. The molecule has 9 heteroatoms. The molecule has 5 heterocycles. The highest BCUT2D eigenvalue weighted by atomic mass is 19.1. The van der Waals surface area contributed by atoms with Gasteiger partial charge in [-0.25, -0.2) is 19.3 Å². The molecule has 3 aromatic rings. The fraction of sp³-hybridized carbons (Fsp3) is 0.368. The second-order valence-electron chi connectivity index (χ2n) is 7.49. The number of anilines is 2. The first kappa shape index (κ1) is 17.1. The van der Waals surface area contributed by atoms with Gasteiger partial charge in [-0.2, -0.15) is 0 Å². The van der Waals surface area contributed by atoms with Crippen molar-refractivity contribution >= 4 is 23.1 Å². The van der Waals surface area contributed by atoms with Crippen LogP contribution in [-0.2, 0) is 0 Å². The van der Waals surface area contributed by atoms with Crippen molar-refractivity contribution in [3.63, 3.8) is 0 Å². The summed E-state index contributed by atoms with van der Waals surface area (Å²) in [4.78, 5) is 27.5. The summed E-state index contributed by atoms with van der Waals surface area (Å²) in [6.07, 6.45) is 6.42. The van der Waals surface area contributed by atoms with E-state index < -0.39 is 11.7 Å². The second kappa shape index (κ2) is 6.52. The lowest BCUT2D eigenvalue weighted by Crippen LogP contribution is -2.26. The molecule has 0 spiro atoms. The van der Waals surface area contributed by atoms with Gasteiger partial charge < -0.3 is 19.9 Å². The Morgan fingerprint density at radius 1 is 1.21 bits per heavy atom. The molecular formula is C19H20FN7O. The predicted octanol–water partition coefficient (Wildman–Crippen LogP) is 1.48. The van der Waals surface area contributed by atoms with E-state index in [9.17, 15) is 9.18 Å². The van der Waals surface area contributed by atoms with Crippen LogP contribution in [0.15, 0.2) is 30.9 Å². The number of rotatable bonds is 3. The van der Waals surface area contributed by atoms with Crippen LogP contribution in [0.3, 0.4) is 0 Å². The van der Waals surface area contributed by atoms with Crippen molar-refractivity contribution in [3.05, 3.63) is 48.1 Å². The number of nitrogens with one attached hydrogen (secondary N) is 2. The Bertz CT molecular complexity index is 1040. The van der Waals surface area contributed by atoms with Gasteiger partial charge in [-0.05, 0) is 18.8 Å². The molecule has 0 aromatic carbocycles. The van der Waals surface area contributed by atoms with Crippen molar-refractivity contribution in [1.82, 2.24) is 24.7 Å². The molecule has 0 bridgehead atoms. The molecule has 2 atom stereocenters. The van der Waals surface area contributed by atoms with Crippen molar-refractivity contribution in [2.24, 2.45) is 11.8 Å². The average Bonchev–Trinajstić information content (AvgIpc) is 3.36. The van der Waals surface area contributed by atoms with Crippen LogP contribution >= 0.6 is 0 Å². The summed E-state index contributed by atoms with van der Waals surface area (Å²) in [5, 5.41) is 6.08. The highest BCUT2D eigenvalue weighted by Gasteiger charge is 2.36. The van der Waals surface area contributed by atoms with Crippen LogP contribution in [0.5, 0.6) is 0 Å². The molecule has 2 aliphatic heterocycles. The quantitative estimate of drug-likeness (QED) is 0.715. The molecule has 3 aromatic heterocycles. The number of carbonyl (C=O) groups excluding carboxylic acids is 1. The minimum Gasteiger partial charge on any atom is -0.355 e. The second-order valence-corrected chi connectivity index (χ2v) is 7.49. The van der Waals surface area contributed by atoms with E-state index in [1.54, 1.807) is 29.9 Å². The largest absolute Gasteiger partial charge is 0.355 e. The van der Waals surface area contributed by atoms with Crippen LogP contribution in [-0.4, -0.2) is 51.4 Å². The molecule has 1 amide bonds. The standard InChI is InChI=1S/C19H20FN7O/c1-11-7-27-10-14(2-15(20)18(27)24-11)25-19(28)16-5-23-17(6-22-16)26-8-12-3-21-4-13(12)9-26/h2,5-7,10,12-13,21H,3-4,8-9H2,1H3,(H,25,28)/t12-,13+. The lowest BCUT2D eigenvalue weighted by Gasteiger charge is -2.18. The van der Waals surface area contributed by atoms with E-state index in [-0.39, 0.29) is 11.3 Å². The molecule has 2 fully saturated rings. The topological polar surface area (TPSA) is 87.5 Å². The maximum Gasteiger partial charge on any atom is 0.275 e. The highest BCUT2D eigenvalue weighted by molar-refractivity contribution is 6.02. The molecule has 0 radical (unpaired) electrons. The van der Waals surface area contributed by atoms with Gasteiger partial charge in [-0.3, -0.25) is 4.79 Å². The maximum atomic E-state index is 14.2. The summed E-state index contributed by atoms with van der Waals surface area (Å²) in [5.74, 6) is 1.16. The lowest BCUT2D eigenvalue weighted by atomic mass is 10.0. The van der Waals surface area contributed by atoms with Crippen LogP contribution < -0.4 is 15.5 Å². The molecule has 0 unspecified atom stereocenters. The van der Waals surface area contributed by atoms with E-state index in [0.29, 0.717) is 23.2 Å². The number of hydrogen-bond acceptors (Lipinski definition) is 6. The summed E-state index contributed by atoms with van der Waals surface area (Å²) >= 11 is 0.